The van der Waals surface area contributed by atoms with Crippen molar-refractivity contribution < 1.29 is 4.79 Å². The molecule has 0 saturated carbocycles. The number of amides is 1. The fraction of sp³-hybridized carbons (Fsp3) is 0.250. The Morgan fingerprint density at radius 2 is 1.96 bits per heavy atom. The Balaban J connectivity index is 1.95. The number of unbranched alkanes of at least 4 members (excludes halogenated alkanes) is 1. The van der Waals surface area contributed by atoms with Crippen molar-refractivity contribution in [2.75, 3.05) is 0 Å². The van der Waals surface area contributed by atoms with Crippen molar-refractivity contribution in [2.45, 2.75) is 32.9 Å². The van der Waals surface area contributed by atoms with Gasteiger partial charge in [0.05, 0.1) is 12.2 Å². The zero-order valence-corrected chi connectivity index (χ0v) is 14.2. The fourth-order valence-corrected chi connectivity index (χ4v) is 2.79. The van der Waals surface area contributed by atoms with E-state index in [1.54, 1.807) is 22.9 Å². The molecule has 0 spiro atoms. The smallest absolute Gasteiger partial charge is 0.268 e. The minimum Gasteiger partial charge on any atom is -0.345 e. The first-order chi connectivity index (χ1) is 12.2. The van der Waals surface area contributed by atoms with Crippen molar-refractivity contribution in [3.8, 4) is 0 Å². The second-order valence-corrected chi connectivity index (χ2v) is 5.93. The van der Waals surface area contributed by atoms with Gasteiger partial charge in [0.1, 0.15) is 5.69 Å². The first-order valence-electron chi connectivity index (χ1n) is 8.51. The van der Waals surface area contributed by atoms with E-state index in [1.165, 1.54) is 0 Å². The summed E-state index contributed by atoms with van der Waals surface area (Å²) in [5, 5.41) is 4.28. The largest absolute Gasteiger partial charge is 0.345 e. The standard InChI is InChI=1S/C20H21N3O2/c1-2-3-12-23-18(13-15-8-4-5-10-17(15)20(23)25)19(24)22-14-16-9-6-7-11-21-16/h4-11,13H,2-3,12,14H2,1H3,(H,22,24). The minimum atomic E-state index is -0.260. The molecule has 3 aromatic rings. The molecular formula is C20H21N3O2. The summed E-state index contributed by atoms with van der Waals surface area (Å²) in [5.74, 6) is -0.260. The predicted molar refractivity (Wildman–Crippen MR) is 98.5 cm³/mol. The maximum absolute atomic E-state index is 12.8. The molecule has 0 aliphatic rings. The lowest BCUT2D eigenvalue weighted by atomic mass is 10.1. The van der Waals surface area contributed by atoms with E-state index >= 15 is 0 Å². The first-order valence-corrected chi connectivity index (χ1v) is 8.51. The van der Waals surface area contributed by atoms with Crippen LogP contribution in [0.3, 0.4) is 0 Å². The van der Waals surface area contributed by atoms with E-state index in [2.05, 4.69) is 17.2 Å². The molecule has 0 bridgehead atoms. The molecule has 25 heavy (non-hydrogen) atoms. The Bertz CT molecular complexity index is 933. The summed E-state index contributed by atoms with van der Waals surface area (Å²) in [5.41, 5.74) is 1.06. The Morgan fingerprint density at radius 1 is 1.16 bits per heavy atom. The monoisotopic (exact) mass is 335 g/mol. The van der Waals surface area contributed by atoms with Crippen LogP contribution in [-0.4, -0.2) is 15.5 Å². The Morgan fingerprint density at radius 3 is 2.72 bits per heavy atom. The number of nitrogens with one attached hydrogen (secondary N) is 1. The van der Waals surface area contributed by atoms with Gasteiger partial charge in [-0.25, -0.2) is 0 Å². The third-order valence-corrected chi connectivity index (χ3v) is 4.14. The molecule has 2 aromatic heterocycles. The number of fused-ring (bicyclic) bond motifs is 1. The number of hydrogen-bond donors (Lipinski definition) is 1. The molecule has 0 fully saturated rings. The summed E-state index contributed by atoms with van der Waals surface area (Å²) in [6, 6.07) is 14.7. The second kappa shape index (κ2) is 7.75. The summed E-state index contributed by atoms with van der Waals surface area (Å²) in [4.78, 5) is 29.7. The van der Waals surface area contributed by atoms with Crippen molar-refractivity contribution in [2.24, 2.45) is 0 Å². The van der Waals surface area contributed by atoms with Crippen LogP contribution in [0, 0.1) is 0 Å². The van der Waals surface area contributed by atoms with Crippen LogP contribution in [-0.2, 0) is 13.1 Å². The summed E-state index contributed by atoms with van der Waals surface area (Å²) >= 11 is 0. The first kappa shape index (κ1) is 16.9. The van der Waals surface area contributed by atoms with Crippen molar-refractivity contribution in [1.29, 1.82) is 0 Å². The highest BCUT2D eigenvalue weighted by atomic mass is 16.2. The van der Waals surface area contributed by atoms with Gasteiger partial charge in [-0.15, -0.1) is 0 Å². The van der Waals surface area contributed by atoms with Gasteiger partial charge in [-0.1, -0.05) is 37.6 Å². The summed E-state index contributed by atoms with van der Waals surface area (Å²) in [6.07, 6.45) is 3.49. The van der Waals surface area contributed by atoms with Crippen molar-refractivity contribution >= 4 is 16.7 Å². The number of hydrogen-bond acceptors (Lipinski definition) is 3. The van der Waals surface area contributed by atoms with Crippen LogP contribution in [0.2, 0.25) is 0 Å². The molecule has 1 amide bonds. The van der Waals surface area contributed by atoms with Crippen LogP contribution in [0.4, 0.5) is 0 Å². The predicted octanol–water partition coefficient (Wildman–Crippen LogP) is 3.13. The van der Waals surface area contributed by atoms with Gasteiger partial charge in [-0.05, 0) is 36.1 Å². The van der Waals surface area contributed by atoms with Gasteiger partial charge in [0.25, 0.3) is 11.5 Å². The third-order valence-electron chi connectivity index (χ3n) is 4.14. The molecule has 0 aliphatic heterocycles. The van der Waals surface area contributed by atoms with Gasteiger partial charge in [-0.2, -0.15) is 0 Å². The van der Waals surface area contributed by atoms with Crippen LogP contribution in [0.5, 0.6) is 0 Å². The maximum atomic E-state index is 12.8. The Kier molecular flexibility index (Phi) is 5.23. The van der Waals surface area contributed by atoms with Crippen LogP contribution in [0.25, 0.3) is 10.8 Å². The molecule has 128 valence electrons. The molecule has 1 N–H and O–H groups in total. The number of benzene rings is 1. The van der Waals surface area contributed by atoms with Crippen LogP contribution in [0.1, 0.15) is 35.9 Å². The van der Waals surface area contributed by atoms with E-state index in [0.717, 1.165) is 23.9 Å². The van der Waals surface area contributed by atoms with Crippen molar-refractivity contribution in [1.82, 2.24) is 14.9 Å². The maximum Gasteiger partial charge on any atom is 0.268 e. The molecule has 0 aliphatic carbocycles. The highest BCUT2D eigenvalue weighted by Gasteiger charge is 2.15. The molecular weight excluding hydrogens is 314 g/mol. The number of rotatable bonds is 6. The van der Waals surface area contributed by atoms with Gasteiger partial charge in [0.2, 0.25) is 0 Å². The zero-order valence-electron chi connectivity index (χ0n) is 14.2. The van der Waals surface area contributed by atoms with E-state index in [4.69, 9.17) is 0 Å². The molecule has 5 heteroatoms. The Hall–Kier alpha value is -2.95. The quantitative estimate of drug-likeness (QED) is 0.753. The van der Waals surface area contributed by atoms with E-state index in [1.807, 2.05) is 36.4 Å². The molecule has 0 atom stereocenters. The minimum absolute atomic E-state index is 0.116. The van der Waals surface area contributed by atoms with E-state index in [-0.39, 0.29) is 11.5 Å². The van der Waals surface area contributed by atoms with E-state index in [9.17, 15) is 9.59 Å². The van der Waals surface area contributed by atoms with Crippen LogP contribution >= 0.6 is 0 Å². The Labute approximate surface area is 146 Å². The van der Waals surface area contributed by atoms with Crippen molar-refractivity contribution in [3.05, 3.63) is 76.5 Å². The van der Waals surface area contributed by atoms with E-state index in [0.29, 0.717) is 24.2 Å². The number of nitrogens with zero attached hydrogens (tertiary/aromatic N) is 2. The molecule has 0 saturated heterocycles. The lowest BCUT2D eigenvalue weighted by Crippen LogP contribution is -2.32. The molecule has 5 nitrogen and oxygen atoms in total. The number of carbonyl (C=O) groups excluding carboxylic acids is 1. The highest BCUT2D eigenvalue weighted by Crippen LogP contribution is 2.13. The molecule has 0 radical (unpaired) electrons. The topological polar surface area (TPSA) is 64.0 Å². The summed E-state index contributed by atoms with van der Waals surface area (Å²) in [6.45, 7) is 2.92. The number of pyridine rings is 2. The number of carbonyl (C=O) groups is 1. The van der Waals surface area contributed by atoms with Gasteiger partial charge in [0.15, 0.2) is 0 Å². The highest BCUT2D eigenvalue weighted by molar-refractivity contribution is 5.96. The lowest BCUT2D eigenvalue weighted by Gasteiger charge is -2.14. The van der Waals surface area contributed by atoms with Gasteiger partial charge >= 0.3 is 0 Å². The fourth-order valence-electron chi connectivity index (χ4n) is 2.79. The normalized spacial score (nSPS) is 10.8. The second-order valence-electron chi connectivity index (χ2n) is 5.93. The average Bonchev–Trinajstić information content (AvgIpc) is 2.66. The van der Waals surface area contributed by atoms with E-state index < -0.39 is 0 Å². The molecule has 2 heterocycles. The van der Waals surface area contributed by atoms with Gasteiger partial charge < -0.3 is 9.88 Å². The van der Waals surface area contributed by atoms with Crippen LogP contribution in [0.15, 0.2) is 59.5 Å². The molecule has 1 aromatic carbocycles. The van der Waals surface area contributed by atoms with Crippen molar-refractivity contribution in [3.63, 3.8) is 0 Å². The molecule has 0 unspecified atom stereocenters. The molecule has 3 rings (SSSR count). The summed E-state index contributed by atoms with van der Waals surface area (Å²) in [7, 11) is 0. The summed E-state index contributed by atoms with van der Waals surface area (Å²) < 4.78 is 1.58. The lowest BCUT2D eigenvalue weighted by molar-refractivity contribution is 0.0939. The average molecular weight is 335 g/mol. The van der Waals surface area contributed by atoms with Gasteiger partial charge in [-0.3, -0.25) is 14.6 Å². The zero-order chi connectivity index (χ0) is 17.6. The number of aromatic nitrogens is 2. The van der Waals surface area contributed by atoms with Crippen LogP contribution < -0.4 is 10.9 Å². The SMILES string of the molecule is CCCCn1c(C(=O)NCc2ccccn2)cc2ccccc2c1=O. The van der Waals surface area contributed by atoms with Gasteiger partial charge in [0, 0.05) is 18.1 Å². The third kappa shape index (κ3) is 3.76.